The molecule has 2 nitrogen and oxygen atoms in total. The first-order valence-electron chi connectivity index (χ1n) is 5.37. The number of methoxy groups -OCH3 is 1. The van der Waals surface area contributed by atoms with Crippen molar-refractivity contribution in [3.8, 4) is 5.75 Å². The van der Waals surface area contributed by atoms with Gasteiger partial charge in [-0.15, -0.1) is 0 Å². The molecule has 0 radical (unpaired) electrons. The second-order valence-electron chi connectivity index (χ2n) is 3.77. The van der Waals surface area contributed by atoms with Crippen molar-refractivity contribution in [3.05, 3.63) is 65.0 Å². The van der Waals surface area contributed by atoms with Crippen LogP contribution in [0.15, 0.2) is 36.4 Å². The smallest absolute Gasteiger partial charge is 0.202 e. The van der Waals surface area contributed by atoms with Crippen LogP contribution in [0.3, 0.4) is 0 Å². The second kappa shape index (κ2) is 5.14. The molecule has 0 fully saturated rings. The molecule has 0 saturated carbocycles. The van der Waals surface area contributed by atoms with Gasteiger partial charge in [0.1, 0.15) is 23.2 Å². The van der Waals surface area contributed by atoms with E-state index in [1.165, 1.54) is 13.2 Å². The quantitative estimate of drug-likeness (QED) is 0.796. The summed E-state index contributed by atoms with van der Waals surface area (Å²) in [7, 11) is 1.28. The first-order valence-corrected chi connectivity index (χ1v) is 5.37. The fourth-order valence-electron chi connectivity index (χ4n) is 1.71. The zero-order chi connectivity index (χ0) is 14.0. The third-order valence-corrected chi connectivity index (χ3v) is 2.60. The van der Waals surface area contributed by atoms with E-state index in [0.29, 0.717) is 0 Å². The van der Waals surface area contributed by atoms with Crippen LogP contribution in [0.25, 0.3) is 0 Å². The van der Waals surface area contributed by atoms with Crippen LogP contribution in [0.4, 0.5) is 13.2 Å². The Labute approximate surface area is 107 Å². The van der Waals surface area contributed by atoms with Crippen molar-refractivity contribution >= 4 is 5.78 Å². The van der Waals surface area contributed by atoms with Gasteiger partial charge in [0.15, 0.2) is 0 Å². The van der Waals surface area contributed by atoms with Crippen LogP contribution in [0, 0.1) is 17.5 Å². The SMILES string of the molecule is COc1ccc(F)cc1C(=O)c1c(F)cccc1F. The van der Waals surface area contributed by atoms with Crippen LogP contribution in [-0.4, -0.2) is 12.9 Å². The van der Waals surface area contributed by atoms with Crippen LogP contribution in [0.2, 0.25) is 0 Å². The molecule has 0 saturated heterocycles. The van der Waals surface area contributed by atoms with Gasteiger partial charge in [-0.25, -0.2) is 13.2 Å². The summed E-state index contributed by atoms with van der Waals surface area (Å²) in [5, 5.41) is 0. The molecule has 0 spiro atoms. The first-order chi connectivity index (χ1) is 9.04. The van der Waals surface area contributed by atoms with Gasteiger partial charge in [0.2, 0.25) is 5.78 Å². The van der Waals surface area contributed by atoms with E-state index in [2.05, 4.69) is 0 Å². The molecule has 0 aromatic heterocycles. The van der Waals surface area contributed by atoms with Gasteiger partial charge >= 0.3 is 0 Å². The van der Waals surface area contributed by atoms with E-state index in [1.54, 1.807) is 0 Å². The molecule has 0 N–H and O–H groups in total. The van der Waals surface area contributed by atoms with Gasteiger partial charge in [-0.05, 0) is 30.3 Å². The molecule has 2 aromatic rings. The van der Waals surface area contributed by atoms with Gasteiger partial charge in [-0.1, -0.05) is 6.07 Å². The number of carbonyl (C=O) groups is 1. The normalized spacial score (nSPS) is 10.3. The maximum absolute atomic E-state index is 13.5. The number of halogens is 3. The third kappa shape index (κ3) is 2.45. The summed E-state index contributed by atoms with van der Waals surface area (Å²) in [5.74, 6) is -3.62. The van der Waals surface area contributed by atoms with Crippen molar-refractivity contribution in [2.24, 2.45) is 0 Å². The monoisotopic (exact) mass is 266 g/mol. The Hall–Kier alpha value is -2.30. The van der Waals surface area contributed by atoms with E-state index in [0.717, 1.165) is 30.3 Å². The highest BCUT2D eigenvalue weighted by Gasteiger charge is 2.22. The first kappa shape index (κ1) is 13.1. The molecule has 0 unspecified atom stereocenters. The molecular formula is C14H9F3O2. The van der Waals surface area contributed by atoms with Crippen molar-refractivity contribution in [2.45, 2.75) is 0 Å². The van der Waals surface area contributed by atoms with E-state index < -0.39 is 28.8 Å². The zero-order valence-electron chi connectivity index (χ0n) is 9.91. The Morgan fingerprint density at radius 3 is 2.26 bits per heavy atom. The highest BCUT2D eigenvalue weighted by Crippen LogP contribution is 2.25. The number of carbonyl (C=O) groups excluding carboxylic acids is 1. The third-order valence-electron chi connectivity index (χ3n) is 2.60. The lowest BCUT2D eigenvalue weighted by Crippen LogP contribution is -2.09. The lowest BCUT2D eigenvalue weighted by molar-refractivity contribution is 0.102. The predicted octanol–water partition coefficient (Wildman–Crippen LogP) is 3.34. The summed E-state index contributed by atoms with van der Waals surface area (Å²) < 4.78 is 45.1. The predicted molar refractivity (Wildman–Crippen MR) is 62.7 cm³/mol. The molecule has 0 atom stereocenters. The number of ketones is 1. The Balaban J connectivity index is 2.59. The Bertz CT molecular complexity index is 618. The molecule has 19 heavy (non-hydrogen) atoms. The minimum Gasteiger partial charge on any atom is -0.496 e. The molecule has 0 aliphatic heterocycles. The number of hydrogen-bond acceptors (Lipinski definition) is 2. The maximum atomic E-state index is 13.5. The molecule has 0 bridgehead atoms. The Morgan fingerprint density at radius 1 is 1.05 bits per heavy atom. The van der Waals surface area contributed by atoms with E-state index in [9.17, 15) is 18.0 Å². The average Bonchev–Trinajstić information content (AvgIpc) is 2.38. The van der Waals surface area contributed by atoms with Crippen molar-refractivity contribution in [1.29, 1.82) is 0 Å². The van der Waals surface area contributed by atoms with Gasteiger partial charge in [-0.2, -0.15) is 0 Å². The van der Waals surface area contributed by atoms with Crippen molar-refractivity contribution in [1.82, 2.24) is 0 Å². The van der Waals surface area contributed by atoms with Crippen molar-refractivity contribution in [2.75, 3.05) is 7.11 Å². The fraction of sp³-hybridized carbons (Fsp3) is 0.0714. The molecule has 2 rings (SSSR count). The Kier molecular flexibility index (Phi) is 3.55. The second-order valence-corrected chi connectivity index (χ2v) is 3.77. The summed E-state index contributed by atoms with van der Waals surface area (Å²) in [6.45, 7) is 0. The summed E-state index contributed by atoms with van der Waals surface area (Å²) >= 11 is 0. The standard InChI is InChI=1S/C14H9F3O2/c1-19-12-6-5-8(15)7-9(12)14(18)13-10(16)3-2-4-11(13)17/h2-7H,1H3. The van der Waals surface area contributed by atoms with E-state index in [4.69, 9.17) is 4.74 Å². The molecule has 0 aliphatic rings. The highest BCUT2D eigenvalue weighted by atomic mass is 19.1. The molecule has 0 aliphatic carbocycles. The average molecular weight is 266 g/mol. The molecule has 5 heteroatoms. The van der Waals surface area contributed by atoms with Crippen LogP contribution in [0.5, 0.6) is 5.75 Å². The van der Waals surface area contributed by atoms with Crippen LogP contribution >= 0.6 is 0 Å². The molecule has 0 heterocycles. The minimum atomic E-state index is -1.00. The largest absolute Gasteiger partial charge is 0.496 e. The van der Waals surface area contributed by atoms with E-state index in [-0.39, 0.29) is 11.3 Å². The van der Waals surface area contributed by atoms with Gasteiger partial charge in [0, 0.05) is 0 Å². The maximum Gasteiger partial charge on any atom is 0.202 e. The summed E-state index contributed by atoms with van der Waals surface area (Å²) in [5.41, 5.74) is -0.960. The number of ether oxygens (including phenoxy) is 1. The summed E-state index contributed by atoms with van der Waals surface area (Å²) in [6.07, 6.45) is 0. The number of benzene rings is 2. The topological polar surface area (TPSA) is 26.3 Å². The van der Waals surface area contributed by atoms with Crippen molar-refractivity contribution in [3.63, 3.8) is 0 Å². The molecule has 2 aromatic carbocycles. The number of hydrogen-bond donors (Lipinski definition) is 0. The molecular weight excluding hydrogens is 257 g/mol. The van der Waals surface area contributed by atoms with Gasteiger partial charge in [0.05, 0.1) is 18.2 Å². The van der Waals surface area contributed by atoms with Gasteiger partial charge < -0.3 is 4.74 Å². The summed E-state index contributed by atoms with van der Waals surface area (Å²) in [6, 6.07) is 6.26. The summed E-state index contributed by atoms with van der Waals surface area (Å²) in [4.78, 5) is 12.1. The van der Waals surface area contributed by atoms with Crippen LogP contribution in [-0.2, 0) is 0 Å². The Morgan fingerprint density at radius 2 is 1.68 bits per heavy atom. The van der Waals surface area contributed by atoms with Crippen molar-refractivity contribution < 1.29 is 22.7 Å². The fourth-order valence-corrected chi connectivity index (χ4v) is 1.71. The van der Waals surface area contributed by atoms with Crippen LogP contribution < -0.4 is 4.74 Å². The van der Waals surface area contributed by atoms with Crippen LogP contribution in [0.1, 0.15) is 15.9 Å². The minimum absolute atomic E-state index is 0.0500. The van der Waals surface area contributed by atoms with Gasteiger partial charge in [-0.3, -0.25) is 4.79 Å². The molecule has 0 amide bonds. The van der Waals surface area contributed by atoms with E-state index in [1.807, 2.05) is 0 Å². The zero-order valence-corrected chi connectivity index (χ0v) is 9.91. The van der Waals surface area contributed by atoms with Gasteiger partial charge in [0.25, 0.3) is 0 Å². The lowest BCUT2D eigenvalue weighted by atomic mass is 10.0. The van der Waals surface area contributed by atoms with E-state index >= 15 is 0 Å². The number of rotatable bonds is 3. The lowest BCUT2D eigenvalue weighted by Gasteiger charge is -2.09. The highest BCUT2D eigenvalue weighted by molar-refractivity contribution is 6.11. The molecule has 98 valence electrons.